The van der Waals surface area contributed by atoms with Crippen LogP contribution < -0.4 is 10.6 Å². The molecule has 1 atom stereocenters. The number of amides is 3. The Labute approximate surface area is 133 Å². The van der Waals surface area contributed by atoms with E-state index in [1.54, 1.807) is 23.0 Å². The first-order valence-corrected chi connectivity index (χ1v) is 7.30. The summed E-state index contributed by atoms with van der Waals surface area (Å²) < 4.78 is 1.60. The Morgan fingerprint density at radius 2 is 2.13 bits per heavy atom. The minimum absolute atomic E-state index is 0.150. The predicted molar refractivity (Wildman–Crippen MR) is 83.6 cm³/mol. The van der Waals surface area contributed by atoms with E-state index in [-0.39, 0.29) is 17.9 Å². The predicted octanol–water partition coefficient (Wildman–Crippen LogP) is 1.05. The molecule has 3 amide bonds. The highest BCUT2D eigenvalue weighted by atomic mass is 16.2. The van der Waals surface area contributed by atoms with Crippen molar-refractivity contribution in [3.05, 3.63) is 29.7 Å². The molecule has 2 N–H and O–H groups in total. The third-order valence-corrected chi connectivity index (χ3v) is 3.33. The minimum atomic E-state index is -0.547. The summed E-state index contributed by atoms with van der Waals surface area (Å²) in [7, 11) is 0. The van der Waals surface area contributed by atoms with Gasteiger partial charge in [0.15, 0.2) is 5.65 Å². The van der Waals surface area contributed by atoms with Crippen LogP contribution in [0.5, 0.6) is 0 Å². The van der Waals surface area contributed by atoms with Gasteiger partial charge in [-0.05, 0) is 26.8 Å². The summed E-state index contributed by atoms with van der Waals surface area (Å²) in [6.45, 7) is 6.28. The van der Waals surface area contributed by atoms with Crippen LogP contribution in [0.15, 0.2) is 18.5 Å². The molecule has 0 radical (unpaired) electrons. The second-order valence-electron chi connectivity index (χ2n) is 6.43. The lowest BCUT2D eigenvalue weighted by Crippen LogP contribution is -2.51. The van der Waals surface area contributed by atoms with Crippen LogP contribution in [0.25, 0.3) is 5.65 Å². The average Bonchev–Trinajstić information content (AvgIpc) is 2.92. The van der Waals surface area contributed by atoms with Gasteiger partial charge in [0.2, 0.25) is 5.91 Å². The van der Waals surface area contributed by atoms with Gasteiger partial charge in [-0.2, -0.15) is 5.10 Å². The molecule has 1 fully saturated rings. The van der Waals surface area contributed by atoms with Gasteiger partial charge in [-0.25, -0.2) is 14.3 Å². The van der Waals surface area contributed by atoms with Gasteiger partial charge in [0.1, 0.15) is 0 Å². The second kappa shape index (κ2) is 5.39. The Hall–Kier alpha value is -2.88. The Kier molecular flexibility index (Phi) is 3.52. The fraction of sp³-hybridized carbons (Fsp3) is 0.375. The molecule has 23 heavy (non-hydrogen) atoms. The van der Waals surface area contributed by atoms with Gasteiger partial charge < -0.3 is 5.32 Å². The van der Waals surface area contributed by atoms with Crippen LogP contribution in [-0.2, 0) is 4.79 Å². The molecule has 1 unspecified atom stereocenters. The summed E-state index contributed by atoms with van der Waals surface area (Å²) in [6.07, 6.45) is 3.34. The highest BCUT2D eigenvalue weighted by molar-refractivity contribution is 6.00. The van der Waals surface area contributed by atoms with E-state index in [4.69, 9.17) is 0 Å². The molecule has 0 aliphatic carbocycles. The molecule has 1 aliphatic rings. The van der Waals surface area contributed by atoms with Gasteiger partial charge in [0, 0.05) is 24.4 Å². The lowest BCUT2D eigenvalue weighted by molar-refractivity contribution is -0.122. The summed E-state index contributed by atoms with van der Waals surface area (Å²) in [4.78, 5) is 27.5. The molecular formula is C16H17N5O2. The van der Waals surface area contributed by atoms with Crippen molar-refractivity contribution >= 4 is 17.6 Å². The molecule has 2 aromatic heterocycles. The maximum atomic E-state index is 12.0. The van der Waals surface area contributed by atoms with Gasteiger partial charge in [0.05, 0.1) is 17.2 Å². The van der Waals surface area contributed by atoms with Crippen molar-refractivity contribution in [1.82, 2.24) is 25.2 Å². The van der Waals surface area contributed by atoms with Crippen molar-refractivity contribution in [3.8, 4) is 11.8 Å². The van der Waals surface area contributed by atoms with E-state index in [0.717, 1.165) is 0 Å². The highest BCUT2D eigenvalue weighted by Crippen LogP contribution is 2.19. The van der Waals surface area contributed by atoms with Crippen molar-refractivity contribution in [2.75, 3.05) is 6.54 Å². The van der Waals surface area contributed by atoms with Crippen molar-refractivity contribution in [2.24, 2.45) is 5.41 Å². The molecule has 3 heterocycles. The van der Waals surface area contributed by atoms with Crippen molar-refractivity contribution in [3.63, 3.8) is 0 Å². The van der Waals surface area contributed by atoms with Crippen LogP contribution in [0.4, 0.5) is 4.79 Å². The van der Waals surface area contributed by atoms with E-state index >= 15 is 0 Å². The van der Waals surface area contributed by atoms with Crippen LogP contribution in [0.2, 0.25) is 0 Å². The zero-order chi connectivity index (χ0) is 16.6. The quantitative estimate of drug-likeness (QED) is 0.771. The maximum Gasteiger partial charge on any atom is 0.321 e. The maximum absolute atomic E-state index is 12.0. The molecule has 0 aromatic carbocycles. The number of imide groups is 1. The third kappa shape index (κ3) is 3.16. The first-order chi connectivity index (χ1) is 10.8. The van der Waals surface area contributed by atoms with E-state index in [9.17, 15) is 9.59 Å². The Morgan fingerprint density at radius 1 is 1.35 bits per heavy atom. The van der Waals surface area contributed by atoms with Crippen LogP contribution in [0, 0.1) is 17.3 Å². The molecule has 7 heteroatoms. The van der Waals surface area contributed by atoms with E-state index in [0.29, 0.717) is 16.9 Å². The number of nitrogens with zero attached hydrogens (tertiary/aromatic N) is 3. The first-order valence-electron chi connectivity index (χ1n) is 7.30. The Bertz CT molecular complexity index is 851. The SMILES string of the molecule is CC(C)(C)C#Cc1cc(C2CNC(=O)NC2=O)nn2ccnc12. The summed E-state index contributed by atoms with van der Waals surface area (Å²) in [5, 5.41) is 9.28. The van der Waals surface area contributed by atoms with Gasteiger partial charge in [-0.15, -0.1) is 0 Å². The van der Waals surface area contributed by atoms with E-state index in [1.807, 2.05) is 20.8 Å². The van der Waals surface area contributed by atoms with Crippen molar-refractivity contribution in [2.45, 2.75) is 26.7 Å². The number of imidazole rings is 1. The standard InChI is InChI=1S/C16H17N5O2/c1-16(2,3)5-4-10-8-12(20-21-7-6-17-13(10)21)11-9-18-15(23)19-14(11)22/h6-8,11H,9H2,1-3H3,(H2,18,19,22,23). The number of carbonyl (C=O) groups excluding carboxylic acids is 2. The van der Waals surface area contributed by atoms with E-state index in [1.165, 1.54) is 0 Å². The molecule has 118 valence electrons. The molecular weight excluding hydrogens is 294 g/mol. The van der Waals surface area contributed by atoms with Crippen molar-refractivity contribution < 1.29 is 9.59 Å². The molecule has 2 aromatic rings. The van der Waals surface area contributed by atoms with E-state index in [2.05, 4.69) is 32.6 Å². The summed E-state index contributed by atoms with van der Waals surface area (Å²) in [5.74, 6) is 5.38. The molecule has 7 nitrogen and oxygen atoms in total. The zero-order valence-electron chi connectivity index (χ0n) is 13.2. The largest absolute Gasteiger partial charge is 0.337 e. The third-order valence-electron chi connectivity index (χ3n) is 3.33. The van der Waals surface area contributed by atoms with Crippen molar-refractivity contribution in [1.29, 1.82) is 0 Å². The normalized spacial score (nSPS) is 18.1. The van der Waals surface area contributed by atoms with Gasteiger partial charge in [0.25, 0.3) is 0 Å². The topological polar surface area (TPSA) is 88.4 Å². The number of hydrogen-bond acceptors (Lipinski definition) is 4. The number of aromatic nitrogens is 3. The molecule has 1 aliphatic heterocycles. The fourth-order valence-electron chi connectivity index (χ4n) is 2.22. The van der Waals surface area contributed by atoms with Gasteiger partial charge >= 0.3 is 6.03 Å². The molecule has 0 saturated carbocycles. The summed E-state index contributed by atoms with van der Waals surface area (Å²) in [6, 6.07) is 1.28. The van der Waals surface area contributed by atoms with Gasteiger partial charge in [-0.1, -0.05) is 11.8 Å². The van der Waals surface area contributed by atoms with Crippen LogP contribution in [0.3, 0.4) is 0 Å². The van der Waals surface area contributed by atoms with Gasteiger partial charge in [-0.3, -0.25) is 10.1 Å². The minimum Gasteiger partial charge on any atom is -0.337 e. The van der Waals surface area contributed by atoms with E-state index < -0.39 is 11.9 Å². The lowest BCUT2D eigenvalue weighted by Gasteiger charge is -2.21. The van der Waals surface area contributed by atoms with Crippen LogP contribution >= 0.6 is 0 Å². The number of nitrogens with one attached hydrogen (secondary N) is 2. The first kappa shape index (κ1) is 15.0. The number of hydrogen-bond donors (Lipinski definition) is 2. The molecule has 1 saturated heterocycles. The molecule has 0 spiro atoms. The monoisotopic (exact) mass is 311 g/mol. The number of carbonyl (C=O) groups is 2. The lowest BCUT2D eigenvalue weighted by atomic mass is 9.97. The zero-order valence-corrected chi connectivity index (χ0v) is 13.2. The fourth-order valence-corrected chi connectivity index (χ4v) is 2.22. The van der Waals surface area contributed by atoms with Crippen LogP contribution in [-0.4, -0.2) is 33.1 Å². The number of urea groups is 1. The Balaban J connectivity index is 2.07. The average molecular weight is 311 g/mol. The highest BCUT2D eigenvalue weighted by Gasteiger charge is 2.29. The number of rotatable bonds is 1. The second-order valence-corrected chi connectivity index (χ2v) is 6.43. The summed E-state index contributed by atoms with van der Waals surface area (Å²) >= 11 is 0. The van der Waals surface area contributed by atoms with Crippen LogP contribution in [0.1, 0.15) is 37.9 Å². The summed E-state index contributed by atoms with van der Waals surface area (Å²) in [5.41, 5.74) is 1.75. The molecule has 0 bridgehead atoms. The smallest absolute Gasteiger partial charge is 0.321 e. The Morgan fingerprint density at radius 3 is 2.83 bits per heavy atom. The number of fused-ring (bicyclic) bond motifs is 1. The molecule has 3 rings (SSSR count).